The molecule has 0 fully saturated rings. The molecule has 0 aliphatic heterocycles. The van der Waals surface area contributed by atoms with Crippen molar-refractivity contribution < 1.29 is 4.79 Å². The van der Waals surface area contributed by atoms with Crippen molar-refractivity contribution in [3.05, 3.63) is 75.8 Å². The van der Waals surface area contributed by atoms with E-state index < -0.39 is 0 Å². The molecular formula is C17H15ClO. The lowest BCUT2D eigenvalue weighted by Crippen LogP contribution is -1.98. The van der Waals surface area contributed by atoms with Crippen LogP contribution in [0.1, 0.15) is 27.0 Å². The third-order valence-corrected chi connectivity index (χ3v) is 3.18. The molecule has 0 bridgehead atoms. The van der Waals surface area contributed by atoms with Crippen LogP contribution in [0, 0.1) is 13.8 Å². The first-order valence-electron chi connectivity index (χ1n) is 6.11. The number of hydrogen-bond acceptors (Lipinski definition) is 1. The second-order valence-corrected chi connectivity index (χ2v) is 5.01. The van der Waals surface area contributed by atoms with E-state index in [0.29, 0.717) is 5.56 Å². The van der Waals surface area contributed by atoms with E-state index in [1.807, 2.05) is 50.2 Å². The van der Waals surface area contributed by atoms with Crippen molar-refractivity contribution in [1.29, 1.82) is 0 Å². The molecule has 0 aliphatic carbocycles. The highest BCUT2D eigenvalue weighted by Gasteiger charge is 2.09. The first kappa shape index (κ1) is 13.6. The van der Waals surface area contributed by atoms with Crippen LogP contribution in [-0.2, 0) is 0 Å². The highest BCUT2D eigenvalue weighted by molar-refractivity contribution is 6.47. The number of aryl methyl sites for hydroxylation is 2. The van der Waals surface area contributed by atoms with Gasteiger partial charge >= 0.3 is 0 Å². The van der Waals surface area contributed by atoms with Crippen molar-refractivity contribution in [3.63, 3.8) is 0 Å². The third-order valence-electron chi connectivity index (χ3n) is 2.90. The van der Waals surface area contributed by atoms with Gasteiger partial charge in [0.2, 0.25) is 5.78 Å². The fraction of sp³-hybridized carbons (Fsp3) is 0.118. The average molecular weight is 271 g/mol. The van der Waals surface area contributed by atoms with Gasteiger partial charge in [-0.3, -0.25) is 4.79 Å². The van der Waals surface area contributed by atoms with Gasteiger partial charge in [-0.1, -0.05) is 71.3 Å². The SMILES string of the molecule is Cc1ccc(/C=C(\Cl)C(=O)c2ccc(C)cc2)cc1. The van der Waals surface area contributed by atoms with E-state index in [0.717, 1.165) is 11.1 Å². The van der Waals surface area contributed by atoms with Crippen LogP contribution in [0.15, 0.2) is 53.6 Å². The number of allylic oxidation sites excluding steroid dienone is 1. The minimum atomic E-state index is -0.151. The van der Waals surface area contributed by atoms with Crippen molar-refractivity contribution in [3.8, 4) is 0 Å². The van der Waals surface area contributed by atoms with Gasteiger partial charge in [0.1, 0.15) is 0 Å². The van der Waals surface area contributed by atoms with Crippen LogP contribution in [0.2, 0.25) is 0 Å². The van der Waals surface area contributed by atoms with Crippen molar-refractivity contribution in [2.45, 2.75) is 13.8 Å². The molecule has 2 rings (SSSR count). The molecule has 0 radical (unpaired) electrons. The van der Waals surface area contributed by atoms with E-state index in [1.54, 1.807) is 18.2 Å². The van der Waals surface area contributed by atoms with Gasteiger partial charge < -0.3 is 0 Å². The molecule has 0 saturated carbocycles. The van der Waals surface area contributed by atoms with Crippen LogP contribution in [-0.4, -0.2) is 5.78 Å². The Kier molecular flexibility index (Phi) is 4.18. The zero-order valence-electron chi connectivity index (χ0n) is 11.0. The second-order valence-electron chi connectivity index (χ2n) is 4.60. The van der Waals surface area contributed by atoms with Crippen molar-refractivity contribution in [2.75, 3.05) is 0 Å². The summed E-state index contributed by atoms with van der Waals surface area (Å²) in [7, 11) is 0. The predicted octanol–water partition coefficient (Wildman–Crippen LogP) is 4.77. The van der Waals surface area contributed by atoms with Gasteiger partial charge in [-0.25, -0.2) is 0 Å². The predicted molar refractivity (Wildman–Crippen MR) is 80.5 cm³/mol. The van der Waals surface area contributed by atoms with Crippen LogP contribution >= 0.6 is 11.6 Å². The van der Waals surface area contributed by atoms with Gasteiger partial charge in [0, 0.05) is 5.56 Å². The number of carbonyl (C=O) groups is 1. The highest BCUT2D eigenvalue weighted by atomic mass is 35.5. The van der Waals surface area contributed by atoms with Crippen LogP contribution in [0.25, 0.3) is 6.08 Å². The minimum absolute atomic E-state index is 0.151. The maximum absolute atomic E-state index is 12.1. The number of Topliss-reactive ketones (excluding diaryl/α,β-unsaturated/α-hetero) is 1. The number of benzene rings is 2. The van der Waals surface area contributed by atoms with Crippen molar-refractivity contribution >= 4 is 23.5 Å². The summed E-state index contributed by atoms with van der Waals surface area (Å²) in [5.74, 6) is -0.151. The Balaban J connectivity index is 2.23. The summed E-state index contributed by atoms with van der Waals surface area (Å²) in [6, 6.07) is 15.3. The molecule has 0 spiro atoms. The normalized spacial score (nSPS) is 11.4. The Morgan fingerprint density at radius 1 is 0.895 bits per heavy atom. The van der Waals surface area contributed by atoms with Gasteiger partial charge in [0.15, 0.2) is 0 Å². The summed E-state index contributed by atoms with van der Waals surface area (Å²) < 4.78 is 0. The molecule has 2 heteroatoms. The highest BCUT2D eigenvalue weighted by Crippen LogP contribution is 2.17. The minimum Gasteiger partial charge on any atom is -0.288 e. The van der Waals surface area contributed by atoms with Gasteiger partial charge in [0.05, 0.1) is 5.03 Å². The van der Waals surface area contributed by atoms with Gasteiger partial charge in [-0.05, 0) is 25.5 Å². The Bertz CT molecular complexity index is 607. The van der Waals surface area contributed by atoms with E-state index >= 15 is 0 Å². The van der Waals surface area contributed by atoms with E-state index in [4.69, 9.17) is 11.6 Å². The van der Waals surface area contributed by atoms with E-state index in [-0.39, 0.29) is 10.8 Å². The lowest BCUT2D eigenvalue weighted by Gasteiger charge is -2.01. The molecule has 1 nitrogen and oxygen atoms in total. The summed E-state index contributed by atoms with van der Waals surface area (Å²) in [4.78, 5) is 12.1. The van der Waals surface area contributed by atoms with Crippen molar-refractivity contribution in [1.82, 2.24) is 0 Å². The van der Waals surface area contributed by atoms with Crippen LogP contribution in [0.4, 0.5) is 0 Å². The van der Waals surface area contributed by atoms with Crippen molar-refractivity contribution in [2.24, 2.45) is 0 Å². The van der Waals surface area contributed by atoms with Gasteiger partial charge in [-0.2, -0.15) is 0 Å². The smallest absolute Gasteiger partial charge is 0.204 e. The molecular weight excluding hydrogens is 256 g/mol. The van der Waals surface area contributed by atoms with Crippen LogP contribution in [0.5, 0.6) is 0 Å². The molecule has 0 N–H and O–H groups in total. The van der Waals surface area contributed by atoms with Gasteiger partial charge in [-0.15, -0.1) is 0 Å². The molecule has 0 heterocycles. The Morgan fingerprint density at radius 2 is 1.37 bits per heavy atom. The average Bonchev–Trinajstić information content (AvgIpc) is 2.41. The van der Waals surface area contributed by atoms with E-state index in [9.17, 15) is 4.79 Å². The molecule has 2 aromatic carbocycles. The molecule has 19 heavy (non-hydrogen) atoms. The Hall–Kier alpha value is -1.86. The lowest BCUT2D eigenvalue weighted by atomic mass is 10.1. The largest absolute Gasteiger partial charge is 0.288 e. The lowest BCUT2D eigenvalue weighted by molar-refractivity contribution is 0.104. The first-order valence-corrected chi connectivity index (χ1v) is 6.49. The Labute approximate surface area is 118 Å². The molecule has 0 aromatic heterocycles. The molecule has 0 amide bonds. The molecule has 0 atom stereocenters. The van der Waals surface area contributed by atoms with Gasteiger partial charge in [0.25, 0.3) is 0 Å². The summed E-state index contributed by atoms with van der Waals surface area (Å²) in [5, 5.41) is 0.229. The van der Waals surface area contributed by atoms with Crippen LogP contribution in [0.3, 0.4) is 0 Å². The number of rotatable bonds is 3. The first-order chi connectivity index (χ1) is 9.06. The van der Waals surface area contributed by atoms with E-state index in [1.165, 1.54) is 5.56 Å². The molecule has 0 aliphatic rings. The number of carbonyl (C=O) groups excluding carboxylic acids is 1. The zero-order valence-corrected chi connectivity index (χ0v) is 11.7. The fourth-order valence-corrected chi connectivity index (χ4v) is 1.95. The monoisotopic (exact) mass is 270 g/mol. The molecule has 2 aromatic rings. The maximum atomic E-state index is 12.1. The quantitative estimate of drug-likeness (QED) is 0.580. The Morgan fingerprint density at radius 3 is 1.89 bits per heavy atom. The topological polar surface area (TPSA) is 17.1 Å². The van der Waals surface area contributed by atoms with Crippen LogP contribution < -0.4 is 0 Å². The maximum Gasteiger partial charge on any atom is 0.204 e. The fourth-order valence-electron chi connectivity index (χ4n) is 1.72. The molecule has 96 valence electrons. The summed E-state index contributed by atoms with van der Waals surface area (Å²) in [6.07, 6.45) is 1.70. The number of ketones is 1. The number of halogens is 1. The standard InChI is InChI=1S/C17H15ClO/c1-12-3-7-14(8-4-12)11-16(18)17(19)15-9-5-13(2)6-10-15/h3-11H,1-2H3/b16-11-. The van der Waals surface area contributed by atoms with E-state index in [2.05, 4.69) is 0 Å². The third kappa shape index (κ3) is 3.55. The second kappa shape index (κ2) is 5.85. The summed E-state index contributed by atoms with van der Waals surface area (Å²) in [5.41, 5.74) is 3.84. The zero-order chi connectivity index (χ0) is 13.8. The number of hydrogen-bond donors (Lipinski definition) is 0. The molecule has 0 unspecified atom stereocenters. The summed E-state index contributed by atoms with van der Waals surface area (Å²) >= 11 is 6.09. The molecule has 0 saturated heterocycles. The summed E-state index contributed by atoms with van der Waals surface area (Å²) in [6.45, 7) is 4.00.